The Hall–Kier alpha value is -4.16. The number of hydrogen-bond donors (Lipinski definition) is 1. The van der Waals surface area contributed by atoms with E-state index in [-0.39, 0.29) is 31.4 Å². The number of rotatable bonds is 4. The Morgan fingerprint density at radius 3 is 2.50 bits per heavy atom. The third-order valence-electron chi connectivity index (χ3n) is 10.3. The van der Waals surface area contributed by atoms with Gasteiger partial charge in [-0.2, -0.15) is 0 Å². The van der Waals surface area contributed by atoms with Crippen LogP contribution in [-0.4, -0.2) is 58.4 Å². The molecule has 2 aliphatic heterocycles. The Labute approximate surface area is 254 Å². The molecule has 9 heteroatoms. The van der Waals surface area contributed by atoms with Gasteiger partial charge in [0.15, 0.2) is 0 Å². The first-order valence-corrected chi connectivity index (χ1v) is 15.2. The van der Waals surface area contributed by atoms with Crippen molar-refractivity contribution >= 4 is 17.6 Å². The number of carbonyl (C=O) groups excluding carboxylic acids is 2. The number of pyridine rings is 1. The second-order valence-corrected chi connectivity index (χ2v) is 12.7. The molecule has 1 saturated heterocycles. The minimum atomic E-state index is -1.13. The van der Waals surface area contributed by atoms with Crippen LogP contribution in [0.15, 0.2) is 54.7 Å². The van der Waals surface area contributed by atoms with Crippen LogP contribution in [0.2, 0.25) is 0 Å². The number of amides is 2. The van der Waals surface area contributed by atoms with Crippen molar-refractivity contribution in [3.05, 3.63) is 94.2 Å². The minimum Gasteiger partial charge on any atom is -0.319 e. The van der Waals surface area contributed by atoms with Gasteiger partial charge < -0.3 is 10.2 Å². The van der Waals surface area contributed by atoms with Crippen LogP contribution >= 0.6 is 0 Å². The van der Waals surface area contributed by atoms with Gasteiger partial charge in [-0.15, -0.1) is 0 Å². The molecule has 2 aliphatic carbocycles. The van der Waals surface area contributed by atoms with Crippen LogP contribution in [0.3, 0.4) is 0 Å². The molecule has 1 saturated carbocycles. The lowest BCUT2D eigenvalue weighted by atomic mass is 9.79. The van der Waals surface area contributed by atoms with Gasteiger partial charge in [0.25, 0.3) is 0 Å². The lowest BCUT2D eigenvalue weighted by molar-refractivity contribution is -0.164. The van der Waals surface area contributed by atoms with E-state index < -0.39 is 34.8 Å². The van der Waals surface area contributed by atoms with Crippen LogP contribution < -0.4 is 5.32 Å². The number of carbonyl (C=O) groups is 2. The molecule has 3 aromatic rings. The van der Waals surface area contributed by atoms with Crippen molar-refractivity contribution in [3.63, 3.8) is 0 Å². The van der Waals surface area contributed by atoms with E-state index in [1.807, 2.05) is 35.2 Å². The van der Waals surface area contributed by atoms with Crippen LogP contribution in [0.5, 0.6) is 0 Å². The number of halogens is 3. The number of anilines is 1. The molecule has 2 spiro atoms. The number of benzene rings is 2. The summed E-state index contributed by atoms with van der Waals surface area (Å²) in [6.45, 7) is 1.52. The molecule has 2 aromatic carbocycles. The van der Waals surface area contributed by atoms with Gasteiger partial charge in [-0.3, -0.25) is 14.5 Å². The molecule has 6 nitrogen and oxygen atoms in total. The first kappa shape index (κ1) is 28.6. The Kier molecular flexibility index (Phi) is 6.81. The van der Waals surface area contributed by atoms with Gasteiger partial charge in [-0.1, -0.05) is 36.8 Å². The highest BCUT2D eigenvalue weighted by Crippen LogP contribution is 2.47. The summed E-state index contributed by atoms with van der Waals surface area (Å²) in [4.78, 5) is 35.3. The first-order chi connectivity index (χ1) is 21.2. The number of aromatic nitrogens is 1. The summed E-state index contributed by atoms with van der Waals surface area (Å²) in [7, 11) is 0. The van der Waals surface area contributed by atoms with Gasteiger partial charge in [0.2, 0.25) is 11.8 Å². The number of piperazine rings is 1. The molecule has 226 valence electrons. The Balaban J connectivity index is 1.20. The van der Waals surface area contributed by atoms with E-state index in [2.05, 4.69) is 22.1 Å². The normalized spacial score (nSPS) is 25.2. The summed E-state index contributed by atoms with van der Waals surface area (Å²) in [6.07, 6.45) is 5.74. The third kappa shape index (κ3) is 4.34. The maximum atomic E-state index is 14.4. The van der Waals surface area contributed by atoms with E-state index in [9.17, 15) is 22.8 Å². The zero-order valence-electron chi connectivity index (χ0n) is 24.6. The van der Waals surface area contributed by atoms with Gasteiger partial charge in [0.05, 0.1) is 17.5 Å². The molecule has 4 aliphatic rings. The molecule has 1 N–H and O–H groups in total. The van der Waals surface area contributed by atoms with Gasteiger partial charge in [-0.05, 0) is 79.6 Å². The molecular formula is C35H33F3N4O2. The van der Waals surface area contributed by atoms with Crippen molar-refractivity contribution in [2.45, 2.75) is 61.9 Å². The average molecular weight is 599 g/mol. The largest absolute Gasteiger partial charge is 0.319 e. The Morgan fingerprint density at radius 1 is 1.00 bits per heavy atom. The topological polar surface area (TPSA) is 65.5 Å². The molecule has 3 heterocycles. The molecule has 2 fully saturated rings. The van der Waals surface area contributed by atoms with Crippen LogP contribution in [-0.2, 0) is 33.4 Å². The van der Waals surface area contributed by atoms with Crippen molar-refractivity contribution in [1.29, 1.82) is 0 Å². The lowest BCUT2D eigenvalue weighted by Gasteiger charge is -2.56. The van der Waals surface area contributed by atoms with E-state index in [4.69, 9.17) is 0 Å². The second kappa shape index (κ2) is 10.5. The van der Waals surface area contributed by atoms with E-state index in [0.29, 0.717) is 37.1 Å². The fourth-order valence-electron chi connectivity index (χ4n) is 8.03. The zero-order valence-corrected chi connectivity index (χ0v) is 24.6. The van der Waals surface area contributed by atoms with Crippen molar-refractivity contribution in [2.24, 2.45) is 0 Å². The maximum Gasteiger partial charge on any atom is 0.244 e. The minimum absolute atomic E-state index is 0.0428. The summed E-state index contributed by atoms with van der Waals surface area (Å²) in [5, 5.41) is 2.93. The highest BCUT2D eigenvalue weighted by Gasteiger charge is 2.57. The van der Waals surface area contributed by atoms with E-state index in [0.717, 1.165) is 41.2 Å². The first-order valence-electron chi connectivity index (χ1n) is 15.2. The summed E-state index contributed by atoms with van der Waals surface area (Å²) < 4.78 is 42.6. The van der Waals surface area contributed by atoms with E-state index in [1.165, 1.54) is 12.1 Å². The molecule has 1 aromatic heterocycles. The predicted molar refractivity (Wildman–Crippen MR) is 159 cm³/mol. The molecule has 0 bridgehead atoms. The van der Waals surface area contributed by atoms with Crippen LogP contribution in [0.1, 0.15) is 60.4 Å². The van der Waals surface area contributed by atoms with Crippen molar-refractivity contribution in [2.75, 3.05) is 31.6 Å². The summed E-state index contributed by atoms with van der Waals surface area (Å²) in [6, 6.07) is 13.0. The Morgan fingerprint density at radius 2 is 1.75 bits per heavy atom. The number of nitrogens with one attached hydrogen (secondary N) is 1. The summed E-state index contributed by atoms with van der Waals surface area (Å²) >= 11 is 0. The maximum absolute atomic E-state index is 14.4. The fraction of sp³-hybridized carbons (Fsp3) is 0.400. The summed E-state index contributed by atoms with van der Waals surface area (Å²) in [5.74, 6) is 5.30. The van der Waals surface area contributed by atoms with E-state index in [1.54, 1.807) is 18.0 Å². The van der Waals surface area contributed by atoms with Crippen molar-refractivity contribution in [1.82, 2.24) is 14.8 Å². The van der Waals surface area contributed by atoms with Crippen molar-refractivity contribution < 1.29 is 22.8 Å². The third-order valence-corrected chi connectivity index (χ3v) is 10.3. The Bertz CT molecular complexity index is 1720. The molecule has 7 rings (SSSR count). The molecule has 44 heavy (non-hydrogen) atoms. The predicted octanol–water partition coefficient (Wildman–Crippen LogP) is 5.04. The number of alkyl halides is 1. The SMILES string of the molecule is C[C@@]1(c2cc(F)cc(F)c2)CN(CCF)C2(CCCC2)C(=O)N1CC#Cc1ccc2c(c1)C[C@@]1(C2)C(=O)Nc2ncccc21. The number of nitrogens with zero attached hydrogens (tertiary/aromatic N) is 3. The van der Waals surface area contributed by atoms with Crippen LogP contribution in [0, 0.1) is 23.5 Å². The highest BCUT2D eigenvalue weighted by atomic mass is 19.1. The highest BCUT2D eigenvalue weighted by molar-refractivity contribution is 6.06. The summed E-state index contributed by atoms with van der Waals surface area (Å²) in [5.41, 5.74) is 1.47. The van der Waals surface area contributed by atoms with Crippen LogP contribution in [0.25, 0.3) is 0 Å². The van der Waals surface area contributed by atoms with Gasteiger partial charge in [0, 0.05) is 36.5 Å². The standard InChI is InChI=1S/C35H33F3N4O2/c1-33(26-17-27(37)19-28(38)18-26)22-41(15-12-36)35(10-2-3-11-35)32(44)42(33)14-5-6-23-8-9-24-20-34(21-25(24)16-23)29-7-4-13-39-30(29)40-31(34)43/h4,7-9,13,16-19H,2-3,10-12,14-15,20-22H2,1H3,(H,39,40,43)/t33-,34+/m0/s1. The van der Waals surface area contributed by atoms with Crippen LogP contribution in [0.4, 0.5) is 19.0 Å². The second-order valence-electron chi connectivity index (χ2n) is 12.7. The zero-order chi connectivity index (χ0) is 30.7. The number of hydrogen-bond acceptors (Lipinski definition) is 4. The number of fused-ring (bicyclic) bond motifs is 3. The quantitative estimate of drug-likeness (QED) is 0.428. The van der Waals surface area contributed by atoms with Gasteiger partial charge >= 0.3 is 0 Å². The molecule has 2 atom stereocenters. The van der Waals surface area contributed by atoms with Gasteiger partial charge in [0.1, 0.15) is 29.7 Å². The smallest absolute Gasteiger partial charge is 0.244 e. The van der Waals surface area contributed by atoms with Crippen molar-refractivity contribution in [3.8, 4) is 11.8 Å². The lowest BCUT2D eigenvalue weighted by Crippen LogP contribution is -2.71. The van der Waals surface area contributed by atoms with Gasteiger partial charge in [-0.25, -0.2) is 18.2 Å². The molecule has 2 amide bonds. The molecule has 0 radical (unpaired) electrons. The average Bonchev–Trinajstić information content (AvgIpc) is 3.70. The van der Waals surface area contributed by atoms with E-state index >= 15 is 0 Å². The molecular weight excluding hydrogens is 565 g/mol. The monoisotopic (exact) mass is 598 g/mol. The molecule has 0 unspecified atom stereocenters. The fourth-order valence-corrected chi connectivity index (χ4v) is 8.03.